The molecule has 0 aliphatic carbocycles. The molecule has 1 aliphatic rings. The zero-order chi connectivity index (χ0) is 10.6. The van der Waals surface area contributed by atoms with Gasteiger partial charge in [-0.25, -0.2) is 0 Å². The third-order valence-electron chi connectivity index (χ3n) is 2.39. The maximum Gasteiger partial charge on any atom is 0.224 e. The zero-order valence-corrected chi connectivity index (χ0v) is 8.80. The summed E-state index contributed by atoms with van der Waals surface area (Å²) in [4.78, 5) is 11.7. The number of amides is 1. The van der Waals surface area contributed by atoms with Crippen molar-refractivity contribution >= 4 is 5.91 Å². The Labute approximate surface area is 85.2 Å². The predicted octanol–water partition coefficient (Wildman–Crippen LogP) is 0.941. The van der Waals surface area contributed by atoms with Gasteiger partial charge in [-0.1, -0.05) is 5.92 Å². The number of carbonyl (C=O) groups is 1. The molecule has 78 valence electrons. The molecule has 1 heterocycles. The van der Waals surface area contributed by atoms with Crippen LogP contribution in [0.4, 0.5) is 0 Å². The number of nitrogens with one attached hydrogen (secondary N) is 1. The Morgan fingerprint density at radius 3 is 2.57 bits per heavy atom. The van der Waals surface area contributed by atoms with Crippen LogP contribution in [-0.4, -0.2) is 24.7 Å². The lowest BCUT2D eigenvalue weighted by Gasteiger charge is -2.26. The van der Waals surface area contributed by atoms with E-state index < -0.39 is 5.54 Å². The SMILES string of the molecule is C#CC(C)(C)NC(=O)C1CCOCC1. The zero-order valence-electron chi connectivity index (χ0n) is 8.80. The van der Waals surface area contributed by atoms with Crippen molar-refractivity contribution in [3.05, 3.63) is 0 Å². The highest BCUT2D eigenvalue weighted by Gasteiger charge is 2.25. The molecular formula is C11H17NO2. The molecule has 1 saturated heterocycles. The average Bonchev–Trinajstić information content (AvgIpc) is 2.19. The molecule has 0 atom stereocenters. The molecular weight excluding hydrogens is 178 g/mol. The minimum absolute atomic E-state index is 0.0521. The molecule has 1 aliphatic heterocycles. The minimum atomic E-state index is -0.546. The van der Waals surface area contributed by atoms with Gasteiger partial charge in [-0.2, -0.15) is 0 Å². The van der Waals surface area contributed by atoms with E-state index in [0.717, 1.165) is 12.8 Å². The summed E-state index contributed by atoms with van der Waals surface area (Å²) in [6.07, 6.45) is 6.89. The molecule has 14 heavy (non-hydrogen) atoms. The summed E-state index contributed by atoms with van der Waals surface area (Å²) < 4.78 is 5.19. The lowest BCUT2D eigenvalue weighted by atomic mass is 9.97. The fourth-order valence-corrected chi connectivity index (χ4v) is 1.41. The fourth-order valence-electron chi connectivity index (χ4n) is 1.41. The lowest BCUT2D eigenvalue weighted by molar-refractivity contribution is -0.128. The van der Waals surface area contributed by atoms with E-state index in [1.54, 1.807) is 0 Å². The second-order valence-electron chi connectivity index (χ2n) is 4.15. The Hall–Kier alpha value is -1.01. The van der Waals surface area contributed by atoms with Crippen LogP contribution in [0.15, 0.2) is 0 Å². The quantitative estimate of drug-likeness (QED) is 0.666. The molecule has 3 heteroatoms. The molecule has 3 nitrogen and oxygen atoms in total. The molecule has 0 aromatic heterocycles. The Morgan fingerprint density at radius 1 is 1.50 bits per heavy atom. The standard InChI is InChI=1S/C11H17NO2/c1-4-11(2,3)12-10(13)9-5-7-14-8-6-9/h1,9H,5-8H2,2-3H3,(H,12,13). The van der Waals surface area contributed by atoms with Gasteiger partial charge < -0.3 is 10.1 Å². The number of carbonyl (C=O) groups excluding carboxylic acids is 1. The fraction of sp³-hybridized carbons (Fsp3) is 0.727. The van der Waals surface area contributed by atoms with Gasteiger partial charge in [-0.05, 0) is 26.7 Å². The number of hydrogen-bond donors (Lipinski definition) is 1. The van der Waals surface area contributed by atoms with Crippen LogP contribution in [0.1, 0.15) is 26.7 Å². The largest absolute Gasteiger partial charge is 0.381 e. The highest BCUT2D eigenvalue weighted by atomic mass is 16.5. The van der Waals surface area contributed by atoms with Crippen LogP contribution in [0.5, 0.6) is 0 Å². The highest BCUT2D eigenvalue weighted by molar-refractivity contribution is 5.79. The van der Waals surface area contributed by atoms with Crippen molar-refractivity contribution in [2.75, 3.05) is 13.2 Å². The molecule has 1 amide bonds. The molecule has 0 radical (unpaired) electrons. The maximum atomic E-state index is 11.7. The number of hydrogen-bond acceptors (Lipinski definition) is 2. The number of ether oxygens (including phenoxy) is 1. The van der Waals surface area contributed by atoms with E-state index in [9.17, 15) is 4.79 Å². The summed E-state index contributed by atoms with van der Waals surface area (Å²) in [5, 5.41) is 2.85. The molecule has 1 rings (SSSR count). The van der Waals surface area contributed by atoms with Crippen molar-refractivity contribution in [1.82, 2.24) is 5.32 Å². The highest BCUT2D eigenvalue weighted by Crippen LogP contribution is 2.15. The first kappa shape index (κ1) is 11.1. The van der Waals surface area contributed by atoms with E-state index in [1.807, 2.05) is 13.8 Å². The van der Waals surface area contributed by atoms with Crippen LogP contribution in [0, 0.1) is 18.3 Å². The summed E-state index contributed by atoms with van der Waals surface area (Å²) >= 11 is 0. The molecule has 0 aromatic rings. The van der Waals surface area contributed by atoms with Gasteiger partial charge in [0.25, 0.3) is 0 Å². The summed E-state index contributed by atoms with van der Waals surface area (Å²) in [7, 11) is 0. The molecule has 0 bridgehead atoms. The van der Waals surface area contributed by atoms with Gasteiger partial charge >= 0.3 is 0 Å². The molecule has 0 unspecified atom stereocenters. The maximum absolute atomic E-state index is 11.7. The molecule has 0 aromatic carbocycles. The minimum Gasteiger partial charge on any atom is -0.381 e. The summed E-state index contributed by atoms with van der Waals surface area (Å²) in [5.41, 5.74) is -0.546. The molecule has 0 saturated carbocycles. The summed E-state index contributed by atoms with van der Waals surface area (Å²) in [6.45, 7) is 5.00. The van der Waals surface area contributed by atoms with Crippen LogP contribution >= 0.6 is 0 Å². The predicted molar refractivity (Wildman–Crippen MR) is 54.6 cm³/mol. The average molecular weight is 195 g/mol. The van der Waals surface area contributed by atoms with Crippen LogP contribution in [0.3, 0.4) is 0 Å². The van der Waals surface area contributed by atoms with E-state index >= 15 is 0 Å². The van der Waals surface area contributed by atoms with Crippen molar-refractivity contribution in [3.63, 3.8) is 0 Å². The van der Waals surface area contributed by atoms with Gasteiger partial charge in [0, 0.05) is 19.1 Å². The van der Waals surface area contributed by atoms with Crippen LogP contribution in [-0.2, 0) is 9.53 Å². The van der Waals surface area contributed by atoms with Gasteiger partial charge in [-0.3, -0.25) is 4.79 Å². The topological polar surface area (TPSA) is 38.3 Å². The van der Waals surface area contributed by atoms with Crippen molar-refractivity contribution < 1.29 is 9.53 Å². The van der Waals surface area contributed by atoms with Gasteiger partial charge in [0.1, 0.15) is 0 Å². The molecule has 0 spiro atoms. The van der Waals surface area contributed by atoms with Crippen LogP contribution in [0.25, 0.3) is 0 Å². The first-order valence-electron chi connectivity index (χ1n) is 4.93. The Kier molecular flexibility index (Phi) is 3.54. The van der Waals surface area contributed by atoms with Crippen molar-refractivity contribution in [2.45, 2.75) is 32.2 Å². The first-order valence-corrected chi connectivity index (χ1v) is 4.93. The van der Waals surface area contributed by atoms with Gasteiger partial charge in [0.2, 0.25) is 5.91 Å². The van der Waals surface area contributed by atoms with E-state index in [1.165, 1.54) is 0 Å². The van der Waals surface area contributed by atoms with Gasteiger partial charge in [0.15, 0.2) is 0 Å². The smallest absolute Gasteiger partial charge is 0.224 e. The van der Waals surface area contributed by atoms with Crippen LogP contribution < -0.4 is 5.32 Å². The molecule has 1 N–H and O–H groups in total. The lowest BCUT2D eigenvalue weighted by Crippen LogP contribution is -2.46. The number of rotatable bonds is 2. The number of terminal acetylenes is 1. The second-order valence-corrected chi connectivity index (χ2v) is 4.15. The van der Waals surface area contributed by atoms with E-state index in [-0.39, 0.29) is 11.8 Å². The second kappa shape index (κ2) is 4.47. The van der Waals surface area contributed by atoms with Crippen LogP contribution in [0.2, 0.25) is 0 Å². The van der Waals surface area contributed by atoms with E-state index in [2.05, 4.69) is 11.2 Å². The van der Waals surface area contributed by atoms with Crippen molar-refractivity contribution in [1.29, 1.82) is 0 Å². The van der Waals surface area contributed by atoms with Crippen molar-refractivity contribution in [3.8, 4) is 12.3 Å². The Bertz CT molecular complexity index is 247. The van der Waals surface area contributed by atoms with Crippen molar-refractivity contribution in [2.24, 2.45) is 5.92 Å². The van der Waals surface area contributed by atoms with E-state index in [0.29, 0.717) is 13.2 Å². The normalized spacial score (nSPS) is 18.6. The Balaban J connectivity index is 2.45. The first-order chi connectivity index (χ1) is 6.55. The van der Waals surface area contributed by atoms with E-state index in [4.69, 9.17) is 11.2 Å². The summed E-state index contributed by atoms with van der Waals surface area (Å²) in [6, 6.07) is 0. The van der Waals surface area contributed by atoms with Gasteiger partial charge in [-0.15, -0.1) is 6.42 Å². The third-order valence-corrected chi connectivity index (χ3v) is 2.39. The summed E-state index contributed by atoms with van der Waals surface area (Å²) in [5.74, 6) is 2.67. The molecule has 1 fully saturated rings. The van der Waals surface area contributed by atoms with Gasteiger partial charge in [0.05, 0.1) is 5.54 Å². The Morgan fingerprint density at radius 2 is 2.07 bits per heavy atom. The monoisotopic (exact) mass is 195 g/mol. The third kappa shape index (κ3) is 3.04.